The Hall–Kier alpha value is -1.11. The molecule has 0 aliphatic rings. The number of hydrogen-bond acceptors (Lipinski definition) is 2. The van der Waals surface area contributed by atoms with Gasteiger partial charge in [0.05, 0.1) is 6.20 Å². The van der Waals surface area contributed by atoms with Gasteiger partial charge < -0.3 is 0 Å². The first-order valence-corrected chi connectivity index (χ1v) is 4.34. The topological polar surface area (TPSA) is 30.2 Å². The Morgan fingerprint density at radius 2 is 2.07 bits per heavy atom. The number of halogens is 4. The Morgan fingerprint density at radius 1 is 1.36 bits per heavy atom. The summed E-state index contributed by atoms with van der Waals surface area (Å²) < 4.78 is 38.2. The van der Waals surface area contributed by atoms with Crippen molar-refractivity contribution in [2.45, 2.75) is 6.18 Å². The van der Waals surface area contributed by atoms with Crippen LogP contribution in [0.4, 0.5) is 13.2 Å². The Kier molecular flexibility index (Phi) is 1.99. The highest BCUT2D eigenvalue weighted by Crippen LogP contribution is 2.34. The zero-order valence-electron chi connectivity index (χ0n) is 6.59. The molecule has 2 rings (SSSR count). The third-order valence-electron chi connectivity index (χ3n) is 1.64. The fraction of sp³-hybridized carbons (Fsp3) is 0.143. The molecular formula is C7H3BrF3N3. The van der Waals surface area contributed by atoms with Crippen LogP contribution in [0.3, 0.4) is 0 Å². The molecule has 0 bridgehead atoms. The van der Waals surface area contributed by atoms with Crippen LogP contribution >= 0.6 is 15.9 Å². The molecule has 0 saturated heterocycles. The van der Waals surface area contributed by atoms with Crippen LogP contribution in [0.2, 0.25) is 0 Å². The van der Waals surface area contributed by atoms with Crippen molar-refractivity contribution in [1.82, 2.24) is 14.4 Å². The van der Waals surface area contributed by atoms with Gasteiger partial charge in [-0.2, -0.15) is 13.2 Å². The molecule has 74 valence electrons. The van der Waals surface area contributed by atoms with E-state index in [1.165, 1.54) is 23.0 Å². The highest BCUT2D eigenvalue weighted by molar-refractivity contribution is 9.10. The van der Waals surface area contributed by atoms with Gasteiger partial charge in [-0.25, -0.2) is 4.98 Å². The third kappa shape index (κ3) is 1.37. The molecule has 0 fully saturated rings. The lowest BCUT2D eigenvalue weighted by Crippen LogP contribution is -2.06. The van der Waals surface area contributed by atoms with Crippen LogP contribution in [-0.2, 0) is 6.18 Å². The molecule has 0 aliphatic carbocycles. The van der Waals surface area contributed by atoms with Gasteiger partial charge in [0.25, 0.3) is 0 Å². The Bertz CT molecular complexity index is 476. The number of aromatic nitrogens is 3. The largest absolute Gasteiger partial charge is 0.436 e. The summed E-state index contributed by atoms with van der Waals surface area (Å²) in [5.41, 5.74) is -0.780. The van der Waals surface area contributed by atoms with Gasteiger partial charge in [0.1, 0.15) is 4.60 Å². The van der Waals surface area contributed by atoms with Gasteiger partial charge >= 0.3 is 6.18 Å². The van der Waals surface area contributed by atoms with E-state index in [2.05, 4.69) is 25.9 Å². The summed E-state index contributed by atoms with van der Waals surface area (Å²) in [6, 6.07) is 0. The van der Waals surface area contributed by atoms with Crippen molar-refractivity contribution in [1.29, 1.82) is 0 Å². The average molecular weight is 266 g/mol. The van der Waals surface area contributed by atoms with Crippen LogP contribution in [0, 0.1) is 0 Å². The summed E-state index contributed by atoms with van der Waals surface area (Å²) in [6.07, 6.45) is -0.397. The summed E-state index contributed by atoms with van der Waals surface area (Å²) in [4.78, 5) is 7.09. The number of imidazole rings is 1. The first-order chi connectivity index (χ1) is 6.50. The van der Waals surface area contributed by atoms with Crippen molar-refractivity contribution in [3.8, 4) is 0 Å². The van der Waals surface area contributed by atoms with E-state index < -0.39 is 11.9 Å². The van der Waals surface area contributed by atoms with E-state index in [0.29, 0.717) is 0 Å². The first kappa shape index (κ1) is 9.45. The Labute approximate surface area is 84.7 Å². The van der Waals surface area contributed by atoms with E-state index >= 15 is 0 Å². The number of fused-ring (bicyclic) bond motifs is 1. The fourth-order valence-corrected chi connectivity index (χ4v) is 1.67. The molecule has 0 N–H and O–H groups in total. The van der Waals surface area contributed by atoms with E-state index in [0.717, 1.165) is 0 Å². The van der Waals surface area contributed by atoms with Crippen molar-refractivity contribution >= 4 is 21.6 Å². The Balaban J connectivity index is 2.75. The van der Waals surface area contributed by atoms with Crippen molar-refractivity contribution in [3.05, 3.63) is 28.9 Å². The molecule has 2 aromatic heterocycles. The van der Waals surface area contributed by atoms with Crippen LogP contribution in [0.1, 0.15) is 5.69 Å². The van der Waals surface area contributed by atoms with E-state index in [9.17, 15) is 13.2 Å². The molecule has 14 heavy (non-hydrogen) atoms. The minimum Gasteiger partial charge on any atom is -0.291 e. The lowest BCUT2D eigenvalue weighted by atomic mass is 10.5. The molecule has 0 amide bonds. The molecule has 3 nitrogen and oxygen atoms in total. The lowest BCUT2D eigenvalue weighted by molar-refractivity contribution is -0.141. The number of rotatable bonds is 0. The van der Waals surface area contributed by atoms with E-state index in [4.69, 9.17) is 0 Å². The maximum Gasteiger partial charge on any atom is 0.436 e. The quantitative estimate of drug-likeness (QED) is 0.733. The molecule has 2 heterocycles. The molecule has 2 aromatic rings. The minimum absolute atomic E-state index is 0.109. The standard InChI is InChI=1S/C7H3BrF3N3/c8-6-5(7(9,10)11)13-4-3-12-1-2-14(4)6/h1-3H. The predicted molar refractivity (Wildman–Crippen MR) is 45.7 cm³/mol. The van der Waals surface area contributed by atoms with E-state index in [1.54, 1.807) is 0 Å². The predicted octanol–water partition coefficient (Wildman–Crippen LogP) is 2.51. The summed E-state index contributed by atoms with van der Waals surface area (Å²) in [6.45, 7) is 0. The zero-order valence-corrected chi connectivity index (χ0v) is 8.17. The van der Waals surface area contributed by atoms with Gasteiger partial charge in [0.2, 0.25) is 0 Å². The van der Waals surface area contributed by atoms with E-state index in [1.807, 2.05) is 0 Å². The third-order valence-corrected chi connectivity index (χ3v) is 2.40. The van der Waals surface area contributed by atoms with Crippen molar-refractivity contribution in [2.75, 3.05) is 0 Å². The second kappa shape index (κ2) is 2.94. The highest BCUT2D eigenvalue weighted by Gasteiger charge is 2.37. The SMILES string of the molecule is FC(F)(F)c1nc2cnccn2c1Br. The van der Waals surface area contributed by atoms with Crippen LogP contribution < -0.4 is 0 Å². The second-order valence-corrected chi connectivity index (χ2v) is 3.30. The highest BCUT2D eigenvalue weighted by atomic mass is 79.9. The molecule has 0 atom stereocenters. The van der Waals surface area contributed by atoms with Crippen LogP contribution in [0.15, 0.2) is 23.2 Å². The molecule has 0 spiro atoms. The minimum atomic E-state index is -4.45. The fourth-order valence-electron chi connectivity index (χ4n) is 1.06. The average Bonchev–Trinajstić information content (AvgIpc) is 2.44. The van der Waals surface area contributed by atoms with Gasteiger partial charge in [0, 0.05) is 12.4 Å². The van der Waals surface area contributed by atoms with Crippen LogP contribution in [-0.4, -0.2) is 14.4 Å². The van der Waals surface area contributed by atoms with Crippen LogP contribution in [0.5, 0.6) is 0 Å². The maximum atomic E-state index is 12.4. The number of hydrogen-bond donors (Lipinski definition) is 0. The first-order valence-electron chi connectivity index (χ1n) is 3.55. The number of alkyl halides is 3. The monoisotopic (exact) mass is 265 g/mol. The second-order valence-electron chi connectivity index (χ2n) is 2.55. The summed E-state index contributed by atoms with van der Waals surface area (Å²) in [7, 11) is 0. The zero-order chi connectivity index (χ0) is 10.3. The summed E-state index contributed by atoms with van der Waals surface area (Å²) in [5, 5.41) is 0. The van der Waals surface area contributed by atoms with E-state index in [-0.39, 0.29) is 10.3 Å². The number of nitrogens with zero attached hydrogens (tertiary/aromatic N) is 3. The van der Waals surface area contributed by atoms with Gasteiger partial charge in [0.15, 0.2) is 11.3 Å². The molecule has 0 aromatic carbocycles. The van der Waals surface area contributed by atoms with Crippen molar-refractivity contribution < 1.29 is 13.2 Å². The smallest absolute Gasteiger partial charge is 0.291 e. The Morgan fingerprint density at radius 3 is 2.64 bits per heavy atom. The summed E-state index contributed by atoms with van der Waals surface area (Å²) >= 11 is 2.84. The van der Waals surface area contributed by atoms with Crippen molar-refractivity contribution in [2.24, 2.45) is 0 Å². The maximum absolute atomic E-state index is 12.4. The molecular weight excluding hydrogens is 263 g/mol. The van der Waals surface area contributed by atoms with Crippen LogP contribution in [0.25, 0.3) is 5.65 Å². The molecule has 7 heteroatoms. The normalized spacial score (nSPS) is 12.3. The van der Waals surface area contributed by atoms with Gasteiger partial charge in [-0.15, -0.1) is 0 Å². The molecule has 0 saturated carbocycles. The molecule has 0 radical (unpaired) electrons. The van der Waals surface area contributed by atoms with Gasteiger partial charge in [-0.3, -0.25) is 9.38 Å². The molecule has 0 unspecified atom stereocenters. The van der Waals surface area contributed by atoms with Gasteiger partial charge in [-0.05, 0) is 15.9 Å². The van der Waals surface area contributed by atoms with Crippen molar-refractivity contribution in [3.63, 3.8) is 0 Å². The summed E-state index contributed by atoms with van der Waals surface area (Å²) in [5.74, 6) is 0. The van der Waals surface area contributed by atoms with Gasteiger partial charge in [-0.1, -0.05) is 0 Å². The lowest BCUT2D eigenvalue weighted by Gasteiger charge is -2.01. The molecule has 0 aliphatic heterocycles.